The minimum absolute atomic E-state index is 0.0338. The van der Waals surface area contributed by atoms with Gasteiger partial charge in [0.2, 0.25) is 11.9 Å². The van der Waals surface area contributed by atoms with Crippen molar-refractivity contribution < 1.29 is 9.84 Å². The largest absolute Gasteiger partial charge is 0.467 e. The van der Waals surface area contributed by atoms with E-state index in [-0.39, 0.29) is 24.1 Å². The molecule has 0 saturated heterocycles. The second kappa shape index (κ2) is 5.45. The number of aromatic nitrogens is 3. The molecule has 0 aromatic carbocycles. The molecule has 16 heavy (non-hydrogen) atoms. The number of aliphatic hydroxyl groups is 1. The molecule has 0 aliphatic rings. The van der Waals surface area contributed by atoms with Crippen LogP contribution in [-0.4, -0.2) is 39.3 Å². The lowest BCUT2D eigenvalue weighted by Crippen LogP contribution is -2.22. The number of nitrogens with one attached hydrogen (secondary N) is 1. The van der Waals surface area contributed by atoms with Crippen molar-refractivity contribution in [3.8, 4) is 6.01 Å². The van der Waals surface area contributed by atoms with Crippen molar-refractivity contribution in [2.45, 2.75) is 32.4 Å². The highest BCUT2D eigenvalue weighted by atomic mass is 16.5. The minimum atomic E-state index is -0.386. The van der Waals surface area contributed by atoms with E-state index in [1.165, 1.54) is 7.11 Å². The van der Waals surface area contributed by atoms with E-state index in [1.54, 1.807) is 6.92 Å². The molecule has 1 rings (SSSR count). The molecule has 7 nitrogen and oxygen atoms in total. The van der Waals surface area contributed by atoms with E-state index < -0.39 is 0 Å². The van der Waals surface area contributed by atoms with Crippen molar-refractivity contribution in [2.75, 3.05) is 18.2 Å². The van der Waals surface area contributed by atoms with Gasteiger partial charge in [0.05, 0.1) is 13.2 Å². The zero-order valence-electron chi connectivity index (χ0n) is 9.64. The van der Waals surface area contributed by atoms with Crippen molar-refractivity contribution >= 4 is 11.9 Å². The normalized spacial score (nSPS) is 14.2. The van der Waals surface area contributed by atoms with Crippen LogP contribution in [0.2, 0.25) is 0 Å². The molecule has 1 aromatic heterocycles. The van der Waals surface area contributed by atoms with Crippen LogP contribution < -0.4 is 15.8 Å². The maximum Gasteiger partial charge on any atom is 0.322 e. The third-order valence-corrected chi connectivity index (χ3v) is 1.88. The standard InChI is InChI=1S/C9H17N5O2/c1-5(4-6(2)15)11-8-12-7(10)13-9(14-8)16-3/h5-6,15H,4H2,1-3H3,(H3,10,11,12,13,14). The second-order valence-electron chi connectivity index (χ2n) is 3.63. The van der Waals surface area contributed by atoms with Crippen LogP contribution in [-0.2, 0) is 0 Å². The van der Waals surface area contributed by atoms with Crippen LogP contribution in [0.5, 0.6) is 6.01 Å². The first-order valence-corrected chi connectivity index (χ1v) is 5.01. The molecule has 0 saturated carbocycles. The summed E-state index contributed by atoms with van der Waals surface area (Å²) >= 11 is 0. The highest BCUT2D eigenvalue weighted by Crippen LogP contribution is 2.10. The number of aliphatic hydroxyl groups excluding tert-OH is 1. The van der Waals surface area contributed by atoms with Crippen molar-refractivity contribution in [1.29, 1.82) is 0 Å². The van der Waals surface area contributed by atoms with Gasteiger partial charge < -0.3 is 20.9 Å². The van der Waals surface area contributed by atoms with E-state index in [9.17, 15) is 5.11 Å². The first kappa shape index (κ1) is 12.4. The van der Waals surface area contributed by atoms with Crippen LogP contribution in [0, 0.1) is 0 Å². The molecule has 0 aliphatic carbocycles. The first-order chi connectivity index (χ1) is 7.51. The van der Waals surface area contributed by atoms with E-state index in [4.69, 9.17) is 10.5 Å². The predicted molar refractivity (Wildman–Crippen MR) is 60.2 cm³/mol. The van der Waals surface area contributed by atoms with E-state index in [1.807, 2.05) is 6.92 Å². The van der Waals surface area contributed by atoms with Crippen LogP contribution >= 0.6 is 0 Å². The highest BCUT2D eigenvalue weighted by Gasteiger charge is 2.09. The van der Waals surface area contributed by atoms with Gasteiger partial charge in [-0.1, -0.05) is 0 Å². The molecule has 0 radical (unpaired) electrons. The fourth-order valence-electron chi connectivity index (χ4n) is 1.32. The Labute approximate surface area is 94.1 Å². The monoisotopic (exact) mass is 227 g/mol. The van der Waals surface area contributed by atoms with Gasteiger partial charge in [0.15, 0.2) is 0 Å². The van der Waals surface area contributed by atoms with E-state index in [0.29, 0.717) is 12.4 Å². The number of nitrogens with two attached hydrogens (primary N) is 1. The fraction of sp³-hybridized carbons (Fsp3) is 0.667. The third kappa shape index (κ3) is 3.85. The lowest BCUT2D eigenvalue weighted by Gasteiger charge is -2.15. The maximum absolute atomic E-state index is 9.21. The van der Waals surface area contributed by atoms with Crippen molar-refractivity contribution in [3.05, 3.63) is 0 Å². The molecule has 0 spiro atoms. The van der Waals surface area contributed by atoms with Gasteiger partial charge >= 0.3 is 6.01 Å². The Bertz CT molecular complexity index is 345. The van der Waals surface area contributed by atoms with Crippen LogP contribution in [0.1, 0.15) is 20.3 Å². The summed E-state index contributed by atoms with van der Waals surface area (Å²) in [5, 5.41) is 12.2. The average molecular weight is 227 g/mol. The Morgan fingerprint density at radius 3 is 2.62 bits per heavy atom. The molecule has 0 aliphatic heterocycles. The zero-order chi connectivity index (χ0) is 12.1. The van der Waals surface area contributed by atoms with Gasteiger partial charge in [-0.15, -0.1) is 0 Å². The topological polar surface area (TPSA) is 106 Å². The fourth-order valence-corrected chi connectivity index (χ4v) is 1.32. The zero-order valence-corrected chi connectivity index (χ0v) is 9.64. The molecular formula is C9H17N5O2. The Balaban J connectivity index is 2.69. The van der Waals surface area contributed by atoms with Gasteiger partial charge in [0, 0.05) is 6.04 Å². The lowest BCUT2D eigenvalue weighted by atomic mass is 10.2. The van der Waals surface area contributed by atoms with Crippen LogP contribution in [0.4, 0.5) is 11.9 Å². The second-order valence-corrected chi connectivity index (χ2v) is 3.63. The Morgan fingerprint density at radius 2 is 2.06 bits per heavy atom. The van der Waals surface area contributed by atoms with Gasteiger partial charge in [0.1, 0.15) is 0 Å². The van der Waals surface area contributed by atoms with Gasteiger partial charge in [-0.05, 0) is 20.3 Å². The summed E-state index contributed by atoms with van der Waals surface area (Å²) in [5.74, 6) is 0.441. The Kier molecular flexibility index (Phi) is 4.24. The van der Waals surface area contributed by atoms with Gasteiger partial charge in [-0.3, -0.25) is 0 Å². The Morgan fingerprint density at radius 1 is 1.38 bits per heavy atom. The van der Waals surface area contributed by atoms with E-state index >= 15 is 0 Å². The van der Waals surface area contributed by atoms with E-state index in [2.05, 4.69) is 20.3 Å². The van der Waals surface area contributed by atoms with E-state index in [0.717, 1.165) is 0 Å². The number of ether oxygens (including phenoxy) is 1. The van der Waals surface area contributed by atoms with Gasteiger partial charge in [-0.2, -0.15) is 15.0 Å². The first-order valence-electron chi connectivity index (χ1n) is 5.01. The molecule has 0 fully saturated rings. The SMILES string of the molecule is COc1nc(N)nc(NC(C)CC(C)O)n1. The summed E-state index contributed by atoms with van der Waals surface area (Å²) in [6, 6.07) is 0.200. The van der Waals surface area contributed by atoms with Crippen LogP contribution in [0.25, 0.3) is 0 Å². The molecule has 7 heteroatoms. The quantitative estimate of drug-likeness (QED) is 0.651. The lowest BCUT2D eigenvalue weighted by molar-refractivity contribution is 0.179. The highest BCUT2D eigenvalue weighted by molar-refractivity contribution is 5.33. The third-order valence-electron chi connectivity index (χ3n) is 1.88. The maximum atomic E-state index is 9.21. The molecule has 2 atom stereocenters. The van der Waals surface area contributed by atoms with Crippen molar-refractivity contribution in [1.82, 2.24) is 15.0 Å². The summed E-state index contributed by atoms with van der Waals surface area (Å²) in [5.41, 5.74) is 5.48. The summed E-state index contributed by atoms with van der Waals surface area (Å²) in [6.07, 6.45) is 0.206. The minimum Gasteiger partial charge on any atom is -0.467 e. The summed E-state index contributed by atoms with van der Waals surface area (Å²) < 4.78 is 4.87. The van der Waals surface area contributed by atoms with Gasteiger partial charge in [0.25, 0.3) is 0 Å². The molecule has 2 unspecified atom stereocenters. The number of methoxy groups -OCH3 is 1. The molecule has 4 N–H and O–H groups in total. The van der Waals surface area contributed by atoms with Crippen molar-refractivity contribution in [2.24, 2.45) is 0 Å². The number of hydrogen-bond acceptors (Lipinski definition) is 7. The summed E-state index contributed by atoms with van der Waals surface area (Å²) in [6.45, 7) is 3.64. The van der Waals surface area contributed by atoms with Crippen LogP contribution in [0.15, 0.2) is 0 Å². The average Bonchev–Trinajstić information content (AvgIpc) is 2.14. The smallest absolute Gasteiger partial charge is 0.322 e. The summed E-state index contributed by atoms with van der Waals surface area (Å²) in [4.78, 5) is 11.7. The number of nitrogen functional groups attached to an aromatic ring is 1. The molecule has 0 bridgehead atoms. The summed E-state index contributed by atoms with van der Waals surface area (Å²) in [7, 11) is 1.46. The number of anilines is 2. The Hall–Kier alpha value is -1.63. The molecule has 1 heterocycles. The van der Waals surface area contributed by atoms with Crippen LogP contribution in [0.3, 0.4) is 0 Å². The molecule has 1 aromatic rings. The molecule has 0 amide bonds. The number of rotatable bonds is 5. The number of hydrogen-bond donors (Lipinski definition) is 3. The van der Waals surface area contributed by atoms with Gasteiger partial charge in [-0.25, -0.2) is 0 Å². The molecule has 90 valence electrons. The van der Waals surface area contributed by atoms with Crippen molar-refractivity contribution in [3.63, 3.8) is 0 Å². The predicted octanol–water partition coefficient (Wildman–Crippen LogP) is 0.0337. The number of nitrogens with zero attached hydrogens (tertiary/aromatic N) is 3. The molecular weight excluding hydrogens is 210 g/mol.